The lowest BCUT2D eigenvalue weighted by atomic mass is 10.2. The van der Waals surface area contributed by atoms with Gasteiger partial charge in [0.25, 0.3) is 0 Å². The minimum absolute atomic E-state index is 0.354. The number of fused-ring (bicyclic) bond motifs is 1. The maximum atomic E-state index is 14.3. The average Bonchev–Trinajstić information content (AvgIpc) is 2.73. The van der Waals surface area contributed by atoms with E-state index in [4.69, 9.17) is 10.5 Å². The number of nitrogen functional groups attached to an aromatic ring is 1. The average molecular weight is 286 g/mol. The number of benzene rings is 1. The van der Waals surface area contributed by atoms with Crippen molar-refractivity contribution in [1.82, 2.24) is 14.5 Å². The number of hydrogen-bond donors (Lipinski definition) is 1. The Labute approximate surface area is 121 Å². The lowest BCUT2D eigenvalue weighted by Gasteiger charge is -2.10. The number of aryl methyl sites for hydroxylation is 1. The highest BCUT2D eigenvalue weighted by Gasteiger charge is 2.18. The topological polar surface area (TPSA) is 66.0 Å². The second-order valence-electron chi connectivity index (χ2n) is 4.82. The van der Waals surface area contributed by atoms with Crippen molar-refractivity contribution in [2.75, 3.05) is 12.8 Å². The van der Waals surface area contributed by atoms with E-state index in [1.165, 1.54) is 12.4 Å². The third-order valence-electron chi connectivity index (χ3n) is 3.72. The summed E-state index contributed by atoms with van der Waals surface area (Å²) in [5, 5.41) is 0.747. The van der Waals surface area contributed by atoms with E-state index in [-0.39, 0.29) is 5.82 Å². The molecule has 2 N–H and O–H groups in total. The highest BCUT2D eigenvalue weighted by atomic mass is 19.1. The van der Waals surface area contributed by atoms with Crippen LogP contribution in [0.5, 0.6) is 5.75 Å². The van der Waals surface area contributed by atoms with Gasteiger partial charge in [0, 0.05) is 11.8 Å². The van der Waals surface area contributed by atoms with E-state index in [0.717, 1.165) is 16.6 Å². The molecule has 0 unspecified atom stereocenters. The van der Waals surface area contributed by atoms with Crippen LogP contribution in [0.25, 0.3) is 16.7 Å². The molecule has 5 nitrogen and oxygen atoms in total. The summed E-state index contributed by atoms with van der Waals surface area (Å²) in [7, 11) is 1.54. The Hall–Kier alpha value is -2.63. The first-order valence-electron chi connectivity index (χ1n) is 6.46. The third kappa shape index (κ3) is 1.91. The summed E-state index contributed by atoms with van der Waals surface area (Å²) in [5.74, 6) is 0.614. The number of nitrogens with zero attached hydrogens (tertiary/aromatic N) is 3. The Bertz CT molecular complexity index is 841. The van der Waals surface area contributed by atoms with E-state index >= 15 is 0 Å². The van der Waals surface area contributed by atoms with Crippen LogP contribution in [0.2, 0.25) is 0 Å². The molecule has 0 radical (unpaired) electrons. The van der Waals surface area contributed by atoms with Gasteiger partial charge in [0.1, 0.15) is 23.7 Å². The molecule has 1 aromatic carbocycles. The Morgan fingerprint density at radius 1 is 1.24 bits per heavy atom. The van der Waals surface area contributed by atoms with E-state index in [9.17, 15) is 4.39 Å². The van der Waals surface area contributed by atoms with Crippen LogP contribution in [-0.4, -0.2) is 21.6 Å². The fourth-order valence-corrected chi connectivity index (χ4v) is 2.51. The van der Waals surface area contributed by atoms with Gasteiger partial charge in [0.05, 0.1) is 18.2 Å². The van der Waals surface area contributed by atoms with Gasteiger partial charge in [-0.1, -0.05) is 0 Å². The first kappa shape index (κ1) is 13.4. The molecule has 0 saturated carbocycles. The molecule has 21 heavy (non-hydrogen) atoms. The number of anilines is 1. The predicted octanol–water partition coefficient (Wildman–Crippen LogP) is 2.77. The number of hydrogen-bond acceptors (Lipinski definition) is 4. The second kappa shape index (κ2) is 4.73. The number of ether oxygens (including phenoxy) is 1. The Morgan fingerprint density at radius 2 is 2.00 bits per heavy atom. The molecule has 0 amide bonds. The van der Waals surface area contributed by atoms with Gasteiger partial charge < -0.3 is 10.5 Å². The molecule has 0 aliphatic carbocycles. The highest BCUT2D eigenvalue weighted by molar-refractivity contribution is 5.92. The van der Waals surface area contributed by atoms with Gasteiger partial charge in [0.2, 0.25) is 0 Å². The summed E-state index contributed by atoms with van der Waals surface area (Å²) in [6.45, 7) is 3.82. The van der Waals surface area contributed by atoms with Crippen LogP contribution in [-0.2, 0) is 0 Å². The van der Waals surface area contributed by atoms with Crippen LogP contribution in [0.4, 0.5) is 10.2 Å². The molecule has 0 spiro atoms. The number of rotatable bonds is 2. The van der Waals surface area contributed by atoms with Crippen LogP contribution in [0, 0.1) is 19.7 Å². The van der Waals surface area contributed by atoms with Gasteiger partial charge in [0.15, 0.2) is 5.65 Å². The quantitative estimate of drug-likeness (QED) is 0.786. The lowest BCUT2D eigenvalue weighted by molar-refractivity contribution is 0.413. The maximum Gasteiger partial charge on any atom is 0.150 e. The summed E-state index contributed by atoms with van der Waals surface area (Å²) in [4.78, 5) is 8.27. The Morgan fingerprint density at radius 3 is 2.71 bits per heavy atom. The smallest absolute Gasteiger partial charge is 0.150 e. The van der Waals surface area contributed by atoms with E-state index in [1.807, 2.05) is 13.8 Å². The van der Waals surface area contributed by atoms with Gasteiger partial charge in [-0.3, -0.25) is 4.57 Å². The van der Waals surface area contributed by atoms with Gasteiger partial charge in [-0.2, -0.15) is 0 Å². The zero-order chi connectivity index (χ0) is 15.1. The number of aromatic nitrogens is 3. The van der Waals surface area contributed by atoms with Crippen molar-refractivity contribution in [2.45, 2.75) is 13.8 Å². The lowest BCUT2D eigenvalue weighted by Crippen LogP contribution is -2.02. The van der Waals surface area contributed by atoms with Gasteiger partial charge in [-0.25, -0.2) is 14.4 Å². The molecule has 0 aliphatic heterocycles. The van der Waals surface area contributed by atoms with Crippen LogP contribution in [0.3, 0.4) is 0 Å². The first-order chi connectivity index (χ1) is 10.0. The molecule has 0 saturated heterocycles. The molecule has 2 heterocycles. The minimum atomic E-state index is -0.354. The Kier molecular flexibility index (Phi) is 3.01. The standard InChI is InChI=1S/C15H15FN4O/c1-8-9(2)20(15-13(8)14(17)18-7-19-15)12-6-10(21-3)4-5-11(12)16/h4-7H,1-3H3,(H2,17,18,19). The van der Waals surface area contributed by atoms with Crippen molar-refractivity contribution in [3.63, 3.8) is 0 Å². The molecule has 6 heteroatoms. The molecule has 3 rings (SSSR count). The summed E-state index contributed by atoms with van der Waals surface area (Å²) in [6, 6.07) is 4.59. The predicted molar refractivity (Wildman–Crippen MR) is 79.3 cm³/mol. The molecular formula is C15H15FN4O. The SMILES string of the molecule is COc1ccc(F)c(-n2c(C)c(C)c3c(N)ncnc32)c1. The van der Waals surface area contributed by atoms with Crippen LogP contribution >= 0.6 is 0 Å². The van der Waals surface area contributed by atoms with E-state index < -0.39 is 0 Å². The minimum Gasteiger partial charge on any atom is -0.497 e. The number of halogens is 1. The van der Waals surface area contributed by atoms with Crippen molar-refractivity contribution < 1.29 is 9.13 Å². The fraction of sp³-hybridized carbons (Fsp3) is 0.200. The van der Waals surface area contributed by atoms with Crippen molar-refractivity contribution in [3.8, 4) is 11.4 Å². The summed E-state index contributed by atoms with van der Waals surface area (Å²) >= 11 is 0. The molecular weight excluding hydrogens is 271 g/mol. The summed E-state index contributed by atoms with van der Waals surface area (Å²) in [5.41, 5.74) is 8.69. The summed E-state index contributed by atoms with van der Waals surface area (Å²) < 4.78 is 21.2. The van der Waals surface area contributed by atoms with Crippen molar-refractivity contribution in [3.05, 3.63) is 41.6 Å². The van der Waals surface area contributed by atoms with Crippen molar-refractivity contribution in [1.29, 1.82) is 0 Å². The first-order valence-corrected chi connectivity index (χ1v) is 6.46. The van der Waals surface area contributed by atoms with Crippen molar-refractivity contribution in [2.24, 2.45) is 0 Å². The molecule has 3 aromatic rings. The second-order valence-corrected chi connectivity index (χ2v) is 4.82. The molecule has 0 bridgehead atoms. The van der Waals surface area contributed by atoms with E-state index in [1.54, 1.807) is 23.8 Å². The molecule has 2 aromatic heterocycles. The monoisotopic (exact) mass is 286 g/mol. The van der Waals surface area contributed by atoms with E-state index in [0.29, 0.717) is 22.9 Å². The van der Waals surface area contributed by atoms with Crippen LogP contribution in [0.15, 0.2) is 24.5 Å². The van der Waals surface area contributed by atoms with Gasteiger partial charge in [-0.05, 0) is 31.5 Å². The van der Waals surface area contributed by atoms with Crippen molar-refractivity contribution >= 4 is 16.9 Å². The third-order valence-corrected chi connectivity index (χ3v) is 3.72. The molecule has 108 valence electrons. The maximum absolute atomic E-state index is 14.3. The number of methoxy groups -OCH3 is 1. The molecule has 0 atom stereocenters. The zero-order valence-electron chi connectivity index (χ0n) is 12.0. The van der Waals surface area contributed by atoms with Gasteiger partial charge >= 0.3 is 0 Å². The van der Waals surface area contributed by atoms with E-state index in [2.05, 4.69) is 9.97 Å². The number of nitrogens with two attached hydrogens (primary N) is 1. The normalized spacial score (nSPS) is 11.0. The Balaban J connectivity index is 2.41. The van der Waals surface area contributed by atoms with Crippen LogP contribution < -0.4 is 10.5 Å². The van der Waals surface area contributed by atoms with Gasteiger partial charge in [-0.15, -0.1) is 0 Å². The highest BCUT2D eigenvalue weighted by Crippen LogP contribution is 2.32. The summed E-state index contributed by atoms with van der Waals surface area (Å²) in [6.07, 6.45) is 1.38. The molecule has 0 fully saturated rings. The largest absolute Gasteiger partial charge is 0.497 e. The van der Waals surface area contributed by atoms with Crippen LogP contribution in [0.1, 0.15) is 11.3 Å². The molecule has 0 aliphatic rings. The fourth-order valence-electron chi connectivity index (χ4n) is 2.51. The zero-order valence-corrected chi connectivity index (χ0v) is 12.0.